The van der Waals surface area contributed by atoms with Crippen molar-refractivity contribution in [2.24, 2.45) is 10.9 Å². The molecule has 6 rings (SSSR count). The summed E-state index contributed by atoms with van der Waals surface area (Å²) in [6.07, 6.45) is 7.73. The first-order chi connectivity index (χ1) is 18.1. The molecule has 3 atom stereocenters. The highest BCUT2D eigenvalue weighted by molar-refractivity contribution is 5.85. The van der Waals surface area contributed by atoms with Crippen LogP contribution >= 0.6 is 0 Å². The topological polar surface area (TPSA) is 33.6 Å². The summed E-state index contributed by atoms with van der Waals surface area (Å²) in [5, 5.41) is 3.81. The van der Waals surface area contributed by atoms with E-state index in [0.717, 1.165) is 23.4 Å². The number of benzene rings is 4. The van der Waals surface area contributed by atoms with E-state index in [1.54, 1.807) is 0 Å². The summed E-state index contributed by atoms with van der Waals surface area (Å²) >= 11 is 0. The van der Waals surface area contributed by atoms with Gasteiger partial charge in [-0.25, -0.2) is 0 Å². The largest absolute Gasteiger partial charge is 0.488 e. The molecule has 1 aliphatic carbocycles. The summed E-state index contributed by atoms with van der Waals surface area (Å²) in [6.45, 7) is 4.78. The van der Waals surface area contributed by atoms with Gasteiger partial charge >= 0.3 is 0 Å². The van der Waals surface area contributed by atoms with Gasteiger partial charge in [-0.3, -0.25) is 4.99 Å². The number of nitrogens with one attached hydrogen (secondary N) is 1. The molecule has 0 saturated heterocycles. The highest BCUT2D eigenvalue weighted by atomic mass is 16.5. The first-order valence-corrected chi connectivity index (χ1v) is 13.1. The van der Waals surface area contributed by atoms with Gasteiger partial charge in [-0.1, -0.05) is 83.9 Å². The maximum atomic E-state index is 6.18. The molecule has 2 aliphatic rings. The van der Waals surface area contributed by atoms with Crippen LogP contribution in [-0.2, 0) is 6.61 Å². The van der Waals surface area contributed by atoms with E-state index in [9.17, 15) is 0 Å². The van der Waals surface area contributed by atoms with Crippen molar-refractivity contribution in [3.8, 4) is 5.75 Å². The van der Waals surface area contributed by atoms with E-state index in [0.29, 0.717) is 24.5 Å². The lowest BCUT2D eigenvalue weighted by Crippen LogP contribution is -2.28. The summed E-state index contributed by atoms with van der Waals surface area (Å²) in [5.74, 6) is 1.87. The van der Waals surface area contributed by atoms with E-state index in [2.05, 4.69) is 98.0 Å². The molecule has 0 amide bonds. The third-order valence-corrected chi connectivity index (χ3v) is 7.47. The van der Waals surface area contributed by atoms with Crippen molar-refractivity contribution < 1.29 is 4.74 Å². The standard InChI is InChI=1S/C34H32N2O/c1-23-18-24(2)20-25(19-23)22-37-33-13-6-3-8-27(33)21-35-28-16-14-26(15-17-28)34-31-11-7-10-29(31)30-9-4-5-12-32(30)36-34/h3-10,12-21,29,31,34,36H,11,22H2,1-2H3/t29-,31+,34+/m1/s1. The molecule has 0 bridgehead atoms. The second-order valence-electron chi connectivity index (χ2n) is 10.2. The molecule has 1 N–H and O–H groups in total. The molecule has 0 radical (unpaired) electrons. The van der Waals surface area contributed by atoms with Gasteiger partial charge in [0, 0.05) is 23.4 Å². The van der Waals surface area contributed by atoms with Crippen LogP contribution in [0.3, 0.4) is 0 Å². The summed E-state index contributed by atoms with van der Waals surface area (Å²) in [7, 11) is 0. The predicted octanol–water partition coefficient (Wildman–Crippen LogP) is 8.46. The zero-order valence-corrected chi connectivity index (χ0v) is 21.4. The van der Waals surface area contributed by atoms with Crippen LogP contribution in [-0.4, -0.2) is 6.21 Å². The lowest BCUT2D eigenvalue weighted by Gasteiger charge is -2.37. The Labute approximate surface area is 219 Å². The van der Waals surface area contributed by atoms with Crippen LogP contribution < -0.4 is 10.1 Å². The maximum Gasteiger partial charge on any atom is 0.128 e. The van der Waals surface area contributed by atoms with Crippen molar-refractivity contribution in [2.45, 2.75) is 38.8 Å². The fourth-order valence-electron chi connectivity index (χ4n) is 5.82. The Kier molecular flexibility index (Phi) is 6.36. The van der Waals surface area contributed by atoms with Gasteiger partial charge in [0.05, 0.1) is 11.7 Å². The number of fused-ring (bicyclic) bond motifs is 3. The number of aliphatic imine (C=N–C) groups is 1. The number of ether oxygens (including phenoxy) is 1. The zero-order chi connectivity index (χ0) is 25.2. The van der Waals surface area contributed by atoms with E-state index in [-0.39, 0.29) is 0 Å². The van der Waals surface area contributed by atoms with Crippen molar-refractivity contribution in [1.29, 1.82) is 0 Å². The number of anilines is 1. The zero-order valence-electron chi connectivity index (χ0n) is 21.4. The normalized spacial score (nSPS) is 19.9. The molecular weight excluding hydrogens is 452 g/mol. The van der Waals surface area contributed by atoms with Crippen LogP contribution in [0.1, 0.15) is 51.8 Å². The SMILES string of the molecule is Cc1cc(C)cc(COc2ccccc2C=Nc2ccc([C@@H]3Nc4ccccc4[C@H]4C=CC[C@@H]43)cc2)c1. The van der Waals surface area contributed by atoms with Gasteiger partial charge in [0.2, 0.25) is 0 Å². The van der Waals surface area contributed by atoms with Crippen molar-refractivity contribution >= 4 is 17.6 Å². The molecule has 0 unspecified atom stereocenters. The molecule has 0 spiro atoms. The van der Waals surface area contributed by atoms with E-state index in [1.807, 2.05) is 30.5 Å². The Bertz CT molecular complexity index is 1450. The quantitative estimate of drug-likeness (QED) is 0.220. The van der Waals surface area contributed by atoms with Crippen LogP contribution in [0.4, 0.5) is 11.4 Å². The Morgan fingerprint density at radius 2 is 1.65 bits per heavy atom. The Hall–Kier alpha value is -4.11. The Balaban J connectivity index is 1.17. The van der Waals surface area contributed by atoms with Crippen LogP contribution in [0.25, 0.3) is 0 Å². The molecule has 184 valence electrons. The van der Waals surface area contributed by atoms with Crippen molar-refractivity contribution in [1.82, 2.24) is 0 Å². The van der Waals surface area contributed by atoms with Crippen LogP contribution in [0.2, 0.25) is 0 Å². The molecule has 1 aliphatic heterocycles. The van der Waals surface area contributed by atoms with Gasteiger partial charge in [0.15, 0.2) is 0 Å². The number of hydrogen-bond acceptors (Lipinski definition) is 3. The number of para-hydroxylation sites is 2. The van der Waals surface area contributed by atoms with Crippen molar-refractivity contribution in [2.75, 3.05) is 5.32 Å². The molecule has 3 nitrogen and oxygen atoms in total. The lowest BCUT2D eigenvalue weighted by atomic mass is 9.77. The van der Waals surface area contributed by atoms with Crippen molar-refractivity contribution in [3.63, 3.8) is 0 Å². The molecule has 0 aromatic heterocycles. The lowest BCUT2D eigenvalue weighted by molar-refractivity contribution is 0.305. The smallest absolute Gasteiger partial charge is 0.128 e. The van der Waals surface area contributed by atoms with Crippen LogP contribution in [0, 0.1) is 19.8 Å². The predicted molar refractivity (Wildman–Crippen MR) is 153 cm³/mol. The average Bonchev–Trinajstić information content (AvgIpc) is 3.41. The number of hydrogen-bond donors (Lipinski definition) is 1. The third kappa shape index (κ3) is 4.95. The molecule has 0 fully saturated rings. The van der Waals surface area contributed by atoms with E-state index in [1.165, 1.54) is 33.5 Å². The number of nitrogens with zero attached hydrogens (tertiary/aromatic N) is 1. The van der Waals surface area contributed by atoms with Gasteiger partial charge in [-0.2, -0.15) is 0 Å². The second kappa shape index (κ2) is 10.1. The van der Waals surface area contributed by atoms with E-state index in [4.69, 9.17) is 9.73 Å². The average molecular weight is 485 g/mol. The molecule has 4 aromatic rings. The third-order valence-electron chi connectivity index (χ3n) is 7.47. The maximum absolute atomic E-state index is 6.18. The number of allylic oxidation sites excluding steroid dienone is 2. The summed E-state index contributed by atoms with van der Waals surface area (Å²) in [6, 6.07) is 32.3. The fraction of sp³-hybridized carbons (Fsp3) is 0.206. The van der Waals surface area contributed by atoms with Gasteiger partial charge in [-0.15, -0.1) is 0 Å². The minimum Gasteiger partial charge on any atom is -0.488 e. The molecule has 4 aromatic carbocycles. The first kappa shape index (κ1) is 23.3. The highest BCUT2D eigenvalue weighted by Crippen LogP contribution is 2.49. The fourth-order valence-corrected chi connectivity index (χ4v) is 5.82. The van der Waals surface area contributed by atoms with Gasteiger partial charge in [-0.05, 0) is 73.2 Å². The van der Waals surface area contributed by atoms with Crippen LogP contribution in [0.5, 0.6) is 5.75 Å². The summed E-state index contributed by atoms with van der Waals surface area (Å²) in [5.41, 5.74) is 9.57. The van der Waals surface area contributed by atoms with Gasteiger partial charge in [0.1, 0.15) is 12.4 Å². The number of rotatable bonds is 6. The number of aryl methyl sites for hydroxylation is 2. The highest BCUT2D eigenvalue weighted by Gasteiger charge is 2.37. The van der Waals surface area contributed by atoms with Crippen LogP contribution in [0.15, 0.2) is 108 Å². The minimum absolute atomic E-state index is 0.298. The van der Waals surface area contributed by atoms with E-state index >= 15 is 0 Å². The molecule has 37 heavy (non-hydrogen) atoms. The monoisotopic (exact) mass is 484 g/mol. The summed E-state index contributed by atoms with van der Waals surface area (Å²) < 4.78 is 6.18. The minimum atomic E-state index is 0.298. The van der Waals surface area contributed by atoms with E-state index < -0.39 is 0 Å². The van der Waals surface area contributed by atoms with Crippen molar-refractivity contribution in [3.05, 3.63) is 137 Å². The Morgan fingerprint density at radius 3 is 2.49 bits per heavy atom. The molecule has 1 heterocycles. The molecular formula is C34H32N2O. The molecule has 3 heteroatoms. The first-order valence-electron chi connectivity index (χ1n) is 13.1. The summed E-state index contributed by atoms with van der Waals surface area (Å²) in [4.78, 5) is 4.77. The molecule has 0 saturated carbocycles. The van der Waals surface area contributed by atoms with Gasteiger partial charge < -0.3 is 10.1 Å². The Morgan fingerprint density at radius 1 is 0.892 bits per heavy atom. The second-order valence-corrected chi connectivity index (χ2v) is 10.2. The van der Waals surface area contributed by atoms with Gasteiger partial charge in [0.25, 0.3) is 0 Å².